The normalized spacial score (nSPS) is 11.8. The molecule has 0 N–H and O–H groups in total. The van der Waals surface area contributed by atoms with E-state index in [1.54, 1.807) is 0 Å². The minimum atomic E-state index is 0.749. The van der Waals surface area contributed by atoms with Crippen LogP contribution in [0.5, 0.6) is 0 Å². The average Bonchev–Trinajstić information content (AvgIpc) is 2.35. The zero-order chi connectivity index (χ0) is 12.3. The van der Waals surface area contributed by atoms with E-state index in [0.717, 1.165) is 40.4 Å². The molecule has 0 spiro atoms. The van der Waals surface area contributed by atoms with Crippen molar-refractivity contribution in [1.82, 2.24) is 4.98 Å². The van der Waals surface area contributed by atoms with Gasteiger partial charge in [0.25, 0.3) is 0 Å². The third kappa shape index (κ3) is 2.41. The number of aryl methyl sites for hydroxylation is 1. The van der Waals surface area contributed by atoms with E-state index < -0.39 is 0 Å². The Labute approximate surface area is 101 Å². The third-order valence-electron chi connectivity index (χ3n) is 2.78. The van der Waals surface area contributed by atoms with Gasteiger partial charge in [-0.1, -0.05) is 25.1 Å². The molecule has 0 amide bonds. The fourth-order valence-corrected chi connectivity index (χ4v) is 1.88. The van der Waals surface area contributed by atoms with E-state index in [0.29, 0.717) is 0 Å². The summed E-state index contributed by atoms with van der Waals surface area (Å²) in [5.41, 5.74) is 3.81. The van der Waals surface area contributed by atoms with E-state index in [1.807, 2.05) is 50.3 Å². The quantitative estimate of drug-likeness (QED) is 0.590. The Hall–Kier alpha value is -1.96. The Kier molecular flexibility index (Phi) is 3.33. The topological polar surface area (TPSA) is 30.0 Å². The van der Waals surface area contributed by atoms with Crippen molar-refractivity contribution in [3.63, 3.8) is 0 Å². The van der Waals surface area contributed by atoms with Crippen LogP contribution in [0, 0.1) is 6.92 Å². The number of aromatic nitrogens is 1. The van der Waals surface area contributed by atoms with Gasteiger partial charge in [0.2, 0.25) is 0 Å². The van der Waals surface area contributed by atoms with Crippen LogP contribution in [0.1, 0.15) is 24.6 Å². The molecular formula is C15H15NO. The summed E-state index contributed by atoms with van der Waals surface area (Å²) in [4.78, 5) is 15.4. The minimum absolute atomic E-state index is 0.749. The molecule has 2 aromatic rings. The number of benzene rings is 1. The minimum Gasteiger partial charge on any atom is -0.298 e. The number of fused-ring (bicyclic) bond motifs is 1. The van der Waals surface area contributed by atoms with Crippen molar-refractivity contribution in [2.75, 3.05) is 0 Å². The highest BCUT2D eigenvalue weighted by Crippen LogP contribution is 2.20. The number of carbonyl (C=O) groups is 1. The molecule has 0 aliphatic rings. The second-order valence-electron chi connectivity index (χ2n) is 4.06. The van der Waals surface area contributed by atoms with Gasteiger partial charge in [-0.05, 0) is 42.7 Å². The number of allylic oxidation sites excluding steroid dienone is 1. The molecule has 0 aliphatic carbocycles. The second-order valence-corrected chi connectivity index (χ2v) is 4.06. The first kappa shape index (κ1) is 11.5. The van der Waals surface area contributed by atoms with Crippen LogP contribution >= 0.6 is 0 Å². The van der Waals surface area contributed by atoms with Crippen molar-refractivity contribution in [1.29, 1.82) is 0 Å². The zero-order valence-corrected chi connectivity index (χ0v) is 10.1. The van der Waals surface area contributed by atoms with E-state index in [2.05, 4.69) is 4.98 Å². The number of hydrogen-bond donors (Lipinski definition) is 0. The molecule has 0 unspecified atom stereocenters. The molecule has 1 heterocycles. The smallest absolute Gasteiger partial charge is 0.146 e. The predicted octanol–water partition coefficient (Wildman–Crippen LogP) is 3.54. The lowest BCUT2D eigenvalue weighted by molar-refractivity contribution is -0.104. The molecule has 0 saturated carbocycles. The molecule has 0 fully saturated rings. The van der Waals surface area contributed by atoms with Gasteiger partial charge >= 0.3 is 0 Å². The van der Waals surface area contributed by atoms with Gasteiger partial charge in [0, 0.05) is 11.1 Å². The van der Waals surface area contributed by atoms with Gasteiger partial charge in [0.1, 0.15) is 6.29 Å². The van der Waals surface area contributed by atoms with Crippen LogP contribution in [0.25, 0.3) is 17.0 Å². The van der Waals surface area contributed by atoms with Gasteiger partial charge in [-0.25, -0.2) is 0 Å². The molecule has 2 rings (SSSR count). The number of carbonyl (C=O) groups excluding carboxylic acids is 1. The van der Waals surface area contributed by atoms with E-state index >= 15 is 0 Å². The summed E-state index contributed by atoms with van der Waals surface area (Å²) in [6.45, 7) is 3.95. The first-order valence-corrected chi connectivity index (χ1v) is 5.76. The largest absolute Gasteiger partial charge is 0.298 e. The Morgan fingerprint density at radius 2 is 2.12 bits per heavy atom. The maximum absolute atomic E-state index is 10.9. The number of nitrogens with zero attached hydrogens (tertiary/aromatic N) is 1. The van der Waals surface area contributed by atoms with Crippen LogP contribution in [0.3, 0.4) is 0 Å². The van der Waals surface area contributed by atoms with Crippen LogP contribution < -0.4 is 0 Å². The molecule has 1 aromatic carbocycles. The van der Waals surface area contributed by atoms with Gasteiger partial charge < -0.3 is 0 Å². The van der Waals surface area contributed by atoms with E-state index in [9.17, 15) is 4.79 Å². The Morgan fingerprint density at radius 1 is 1.35 bits per heavy atom. The molecule has 0 saturated heterocycles. The van der Waals surface area contributed by atoms with Crippen LogP contribution in [-0.2, 0) is 4.79 Å². The van der Waals surface area contributed by atoms with E-state index in [-0.39, 0.29) is 0 Å². The molecule has 2 nitrogen and oxygen atoms in total. The number of para-hydroxylation sites is 1. The predicted molar refractivity (Wildman–Crippen MR) is 70.8 cm³/mol. The second kappa shape index (κ2) is 4.91. The summed E-state index contributed by atoms with van der Waals surface area (Å²) in [5, 5.41) is 1.09. The molecule has 0 radical (unpaired) electrons. The van der Waals surface area contributed by atoms with Crippen LogP contribution in [0.4, 0.5) is 0 Å². The van der Waals surface area contributed by atoms with Crippen molar-refractivity contribution in [2.45, 2.75) is 20.3 Å². The molecule has 2 heteroatoms. The van der Waals surface area contributed by atoms with Gasteiger partial charge in [-0.2, -0.15) is 0 Å². The SMILES string of the molecule is CCC(C=O)=Cc1cc(C)nc2ccccc12. The van der Waals surface area contributed by atoms with Crippen LogP contribution in [0.2, 0.25) is 0 Å². The summed E-state index contributed by atoms with van der Waals surface area (Å²) < 4.78 is 0. The highest BCUT2D eigenvalue weighted by atomic mass is 16.1. The lowest BCUT2D eigenvalue weighted by atomic mass is 10.0. The molecule has 0 aliphatic heterocycles. The number of hydrogen-bond acceptors (Lipinski definition) is 2. The number of rotatable bonds is 3. The first-order valence-electron chi connectivity index (χ1n) is 5.76. The summed E-state index contributed by atoms with van der Waals surface area (Å²) in [5.74, 6) is 0. The Bertz CT molecular complexity index is 584. The lowest BCUT2D eigenvalue weighted by Crippen LogP contribution is -1.89. The maximum atomic E-state index is 10.9. The monoisotopic (exact) mass is 225 g/mol. The Morgan fingerprint density at radius 3 is 2.82 bits per heavy atom. The van der Waals surface area contributed by atoms with Crippen LogP contribution in [-0.4, -0.2) is 11.3 Å². The number of pyridine rings is 1. The molecular weight excluding hydrogens is 210 g/mol. The first-order chi connectivity index (χ1) is 8.24. The highest BCUT2D eigenvalue weighted by Gasteiger charge is 2.02. The van der Waals surface area contributed by atoms with E-state index in [4.69, 9.17) is 0 Å². The van der Waals surface area contributed by atoms with Crippen molar-refractivity contribution in [2.24, 2.45) is 0 Å². The molecule has 0 atom stereocenters. The van der Waals surface area contributed by atoms with Crippen molar-refractivity contribution in [3.8, 4) is 0 Å². The average molecular weight is 225 g/mol. The number of aldehydes is 1. The van der Waals surface area contributed by atoms with Crippen molar-refractivity contribution >= 4 is 23.3 Å². The molecule has 1 aromatic heterocycles. The fourth-order valence-electron chi connectivity index (χ4n) is 1.88. The zero-order valence-electron chi connectivity index (χ0n) is 10.1. The standard InChI is InChI=1S/C15H15NO/c1-3-12(10-17)9-13-8-11(2)16-15-7-5-4-6-14(13)15/h4-10H,3H2,1-2H3. The summed E-state index contributed by atoms with van der Waals surface area (Å²) in [7, 11) is 0. The molecule has 0 bridgehead atoms. The van der Waals surface area contributed by atoms with Gasteiger partial charge in [0.05, 0.1) is 5.52 Å². The van der Waals surface area contributed by atoms with Crippen LogP contribution in [0.15, 0.2) is 35.9 Å². The fraction of sp³-hybridized carbons (Fsp3) is 0.200. The summed E-state index contributed by atoms with van der Waals surface area (Å²) in [6, 6.07) is 10.0. The summed E-state index contributed by atoms with van der Waals surface area (Å²) in [6.07, 6.45) is 3.62. The van der Waals surface area contributed by atoms with Crippen molar-refractivity contribution < 1.29 is 4.79 Å². The van der Waals surface area contributed by atoms with E-state index in [1.165, 1.54) is 0 Å². The highest BCUT2D eigenvalue weighted by molar-refractivity contribution is 5.92. The van der Waals surface area contributed by atoms with Crippen molar-refractivity contribution in [3.05, 3.63) is 47.2 Å². The Balaban J connectivity index is 2.67. The summed E-state index contributed by atoms with van der Waals surface area (Å²) >= 11 is 0. The molecule has 86 valence electrons. The van der Waals surface area contributed by atoms with Gasteiger partial charge in [-0.3, -0.25) is 9.78 Å². The molecule has 17 heavy (non-hydrogen) atoms. The van der Waals surface area contributed by atoms with Gasteiger partial charge in [-0.15, -0.1) is 0 Å². The van der Waals surface area contributed by atoms with Gasteiger partial charge in [0.15, 0.2) is 0 Å². The lowest BCUT2D eigenvalue weighted by Gasteiger charge is -2.04. The third-order valence-corrected chi connectivity index (χ3v) is 2.78. The maximum Gasteiger partial charge on any atom is 0.146 e.